The molecule has 112 valence electrons. The molecule has 0 aliphatic rings. The van der Waals surface area contributed by atoms with E-state index in [0.717, 1.165) is 48.0 Å². The van der Waals surface area contributed by atoms with Crippen molar-refractivity contribution in [3.63, 3.8) is 0 Å². The zero-order valence-corrected chi connectivity index (χ0v) is 12.8. The molecule has 0 fully saturated rings. The van der Waals surface area contributed by atoms with Crippen LogP contribution >= 0.6 is 11.6 Å². The summed E-state index contributed by atoms with van der Waals surface area (Å²) in [6.07, 6.45) is 2.14. The highest BCUT2D eigenvalue weighted by Gasteiger charge is 1.98. The first-order valence-electron chi connectivity index (χ1n) is 7.19. The maximum absolute atomic E-state index is 5.95. The summed E-state index contributed by atoms with van der Waals surface area (Å²) in [5.74, 6) is 0.850. The average Bonchev–Trinajstić information content (AvgIpc) is 2.51. The van der Waals surface area contributed by atoms with Crippen molar-refractivity contribution in [3.05, 3.63) is 59.1 Å². The van der Waals surface area contributed by atoms with Gasteiger partial charge >= 0.3 is 0 Å². The summed E-state index contributed by atoms with van der Waals surface area (Å²) in [7, 11) is 0. The van der Waals surface area contributed by atoms with Gasteiger partial charge in [0.1, 0.15) is 12.4 Å². The number of halogens is 1. The van der Waals surface area contributed by atoms with Gasteiger partial charge in [-0.1, -0.05) is 23.7 Å². The monoisotopic (exact) mass is 304 g/mol. The number of rotatable bonds is 8. The standard InChI is InChI=1S/C17H21ClN2O/c18-15-5-3-4-14(12-15)13-21-17-8-6-16(7-9-17)20-11-2-1-10-19/h3-9,12,20H,1-2,10-11,13,19H2. The minimum Gasteiger partial charge on any atom is -0.489 e. The smallest absolute Gasteiger partial charge is 0.119 e. The van der Waals surface area contributed by atoms with Crippen LogP contribution in [0.2, 0.25) is 5.02 Å². The lowest BCUT2D eigenvalue weighted by atomic mass is 10.2. The van der Waals surface area contributed by atoms with Gasteiger partial charge in [-0.15, -0.1) is 0 Å². The lowest BCUT2D eigenvalue weighted by Crippen LogP contribution is -2.05. The first-order chi connectivity index (χ1) is 10.3. The van der Waals surface area contributed by atoms with Gasteiger partial charge in [-0.25, -0.2) is 0 Å². The summed E-state index contributed by atoms with van der Waals surface area (Å²) in [6, 6.07) is 15.7. The van der Waals surface area contributed by atoms with Crippen molar-refractivity contribution in [1.82, 2.24) is 0 Å². The van der Waals surface area contributed by atoms with Crippen LogP contribution in [-0.2, 0) is 6.61 Å². The first-order valence-corrected chi connectivity index (χ1v) is 7.57. The van der Waals surface area contributed by atoms with Crippen LogP contribution in [0, 0.1) is 0 Å². The molecule has 0 spiro atoms. The van der Waals surface area contributed by atoms with Crippen molar-refractivity contribution in [1.29, 1.82) is 0 Å². The molecule has 0 amide bonds. The highest BCUT2D eigenvalue weighted by molar-refractivity contribution is 6.30. The summed E-state index contributed by atoms with van der Waals surface area (Å²) in [5.41, 5.74) is 7.63. The molecule has 0 saturated heterocycles. The number of hydrogen-bond acceptors (Lipinski definition) is 3. The van der Waals surface area contributed by atoms with Crippen molar-refractivity contribution < 1.29 is 4.74 Å². The highest BCUT2D eigenvalue weighted by Crippen LogP contribution is 2.18. The Balaban J connectivity index is 1.79. The SMILES string of the molecule is NCCCCNc1ccc(OCc2cccc(Cl)c2)cc1. The zero-order chi connectivity index (χ0) is 14.9. The van der Waals surface area contributed by atoms with E-state index in [1.165, 1.54) is 0 Å². The summed E-state index contributed by atoms with van der Waals surface area (Å²) in [4.78, 5) is 0. The molecule has 21 heavy (non-hydrogen) atoms. The lowest BCUT2D eigenvalue weighted by Gasteiger charge is -2.09. The maximum atomic E-state index is 5.95. The third-order valence-electron chi connectivity index (χ3n) is 3.11. The van der Waals surface area contributed by atoms with E-state index >= 15 is 0 Å². The second kappa shape index (κ2) is 8.55. The Bertz CT molecular complexity index is 543. The Morgan fingerprint density at radius 1 is 1.05 bits per heavy atom. The molecule has 4 heteroatoms. The van der Waals surface area contributed by atoms with Gasteiger partial charge in [-0.2, -0.15) is 0 Å². The van der Waals surface area contributed by atoms with Crippen molar-refractivity contribution in [2.45, 2.75) is 19.4 Å². The fraction of sp³-hybridized carbons (Fsp3) is 0.294. The fourth-order valence-corrected chi connectivity index (χ4v) is 2.18. The van der Waals surface area contributed by atoms with E-state index in [-0.39, 0.29) is 0 Å². The van der Waals surface area contributed by atoms with Crippen molar-refractivity contribution >= 4 is 17.3 Å². The molecule has 3 nitrogen and oxygen atoms in total. The Morgan fingerprint density at radius 2 is 1.86 bits per heavy atom. The topological polar surface area (TPSA) is 47.3 Å². The van der Waals surface area contributed by atoms with Gasteiger partial charge in [0.15, 0.2) is 0 Å². The molecule has 0 aliphatic heterocycles. The zero-order valence-electron chi connectivity index (χ0n) is 12.0. The van der Waals surface area contributed by atoms with E-state index in [4.69, 9.17) is 22.1 Å². The van der Waals surface area contributed by atoms with E-state index in [1.54, 1.807) is 0 Å². The lowest BCUT2D eigenvalue weighted by molar-refractivity contribution is 0.306. The molecule has 2 rings (SSSR count). The predicted octanol–water partition coefficient (Wildman–Crippen LogP) is 4.07. The van der Waals surface area contributed by atoms with Gasteiger partial charge in [0, 0.05) is 17.3 Å². The van der Waals surface area contributed by atoms with E-state index < -0.39 is 0 Å². The quantitative estimate of drug-likeness (QED) is 0.723. The molecule has 2 aromatic rings. The van der Waals surface area contributed by atoms with Crippen molar-refractivity contribution in [3.8, 4) is 5.75 Å². The largest absolute Gasteiger partial charge is 0.489 e. The van der Waals surface area contributed by atoms with Gasteiger partial charge in [0.2, 0.25) is 0 Å². The molecule has 0 bridgehead atoms. The fourth-order valence-electron chi connectivity index (χ4n) is 1.96. The highest BCUT2D eigenvalue weighted by atomic mass is 35.5. The van der Waals surface area contributed by atoms with E-state index in [0.29, 0.717) is 6.61 Å². The van der Waals surface area contributed by atoms with Crippen LogP contribution in [0.25, 0.3) is 0 Å². The van der Waals surface area contributed by atoms with Crippen LogP contribution in [0.4, 0.5) is 5.69 Å². The third-order valence-corrected chi connectivity index (χ3v) is 3.34. The third kappa shape index (κ3) is 5.66. The Kier molecular flexibility index (Phi) is 6.38. The van der Waals surface area contributed by atoms with Crippen molar-refractivity contribution in [2.75, 3.05) is 18.4 Å². The normalized spacial score (nSPS) is 10.4. The Morgan fingerprint density at radius 3 is 2.57 bits per heavy atom. The number of hydrogen-bond donors (Lipinski definition) is 2. The maximum Gasteiger partial charge on any atom is 0.119 e. The van der Waals surface area contributed by atoms with Crippen molar-refractivity contribution in [2.24, 2.45) is 5.73 Å². The van der Waals surface area contributed by atoms with Crippen LogP contribution in [-0.4, -0.2) is 13.1 Å². The van der Waals surface area contributed by atoms with Crippen LogP contribution < -0.4 is 15.8 Å². The second-order valence-corrected chi connectivity index (χ2v) is 5.30. The number of unbranched alkanes of at least 4 members (excludes halogenated alkanes) is 1. The molecule has 0 aliphatic carbocycles. The van der Waals surface area contributed by atoms with Crippen LogP contribution in [0.3, 0.4) is 0 Å². The van der Waals surface area contributed by atoms with Gasteiger partial charge in [0.25, 0.3) is 0 Å². The molecular formula is C17H21ClN2O. The molecule has 0 unspecified atom stereocenters. The molecule has 0 radical (unpaired) electrons. The average molecular weight is 305 g/mol. The number of anilines is 1. The van der Waals surface area contributed by atoms with Crippen LogP contribution in [0.5, 0.6) is 5.75 Å². The van der Waals surface area contributed by atoms with Gasteiger partial charge in [-0.3, -0.25) is 0 Å². The summed E-state index contributed by atoms with van der Waals surface area (Å²) >= 11 is 5.95. The summed E-state index contributed by atoms with van der Waals surface area (Å²) in [5, 5.41) is 4.09. The molecule has 2 aromatic carbocycles. The summed E-state index contributed by atoms with van der Waals surface area (Å²) < 4.78 is 5.74. The number of nitrogens with one attached hydrogen (secondary N) is 1. The first kappa shape index (κ1) is 15.7. The van der Waals surface area contributed by atoms with E-state index in [9.17, 15) is 0 Å². The molecule has 3 N–H and O–H groups in total. The van der Waals surface area contributed by atoms with E-state index in [1.807, 2.05) is 48.5 Å². The van der Waals surface area contributed by atoms with Crippen LogP contribution in [0.15, 0.2) is 48.5 Å². The van der Waals surface area contributed by atoms with Gasteiger partial charge in [-0.05, 0) is 61.3 Å². The minimum atomic E-state index is 0.518. The molecule has 0 saturated carbocycles. The molecule has 0 atom stereocenters. The van der Waals surface area contributed by atoms with Crippen LogP contribution in [0.1, 0.15) is 18.4 Å². The number of benzene rings is 2. The predicted molar refractivity (Wildman–Crippen MR) is 89.0 cm³/mol. The molecular weight excluding hydrogens is 284 g/mol. The molecule has 0 aromatic heterocycles. The Hall–Kier alpha value is -1.71. The number of ether oxygens (including phenoxy) is 1. The minimum absolute atomic E-state index is 0.518. The van der Waals surface area contributed by atoms with Gasteiger partial charge in [0.05, 0.1) is 0 Å². The van der Waals surface area contributed by atoms with E-state index in [2.05, 4.69) is 5.32 Å². The van der Waals surface area contributed by atoms with Gasteiger partial charge < -0.3 is 15.8 Å². The second-order valence-electron chi connectivity index (χ2n) is 4.87. The molecule has 0 heterocycles. The number of nitrogens with two attached hydrogens (primary N) is 1. The summed E-state index contributed by atoms with van der Waals surface area (Å²) in [6.45, 7) is 2.21. The Labute approximate surface area is 131 Å².